The Labute approximate surface area is 128 Å². The van der Waals surface area contributed by atoms with Crippen molar-refractivity contribution in [3.05, 3.63) is 65.2 Å². The van der Waals surface area contributed by atoms with E-state index in [0.29, 0.717) is 6.61 Å². The van der Waals surface area contributed by atoms with Gasteiger partial charge < -0.3 is 10.1 Å². The van der Waals surface area contributed by atoms with Crippen LogP contribution in [0.3, 0.4) is 0 Å². The summed E-state index contributed by atoms with van der Waals surface area (Å²) in [5.41, 5.74) is 4.00. The second kappa shape index (κ2) is 7.84. The fourth-order valence-electron chi connectivity index (χ4n) is 2.55. The van der Waals surface area contributed by atoms with Gasteiger partial charge >= 0.3 is 0 Å². The molecule has 1 N–H and O–H groups in total. The van der Waals surface area contributed by atoms with E-state index in [4.69, 9.17) is 4.74 Å². The van der Waals surface area contributed by atoms with Gasteiger partial charge in [-0.05, 0) is 50.9 Å². The number of rotatable bonds is 7. The standard InChI is InChI=1S/C19H25NO/c1-4-21-19-12-8-7-11-18(19)16(3)20-14-13-17-10-6-5-9-15(17)2/h5-12,16,20H,4,13-14H2,1-3H3. The molecule has 2 rings (SSSR count). The van der Waals surface area contributed by atoms with Crippen molar-refractivity contribution in [1.29, 1.82) is 0 Å². The van der Waals surface area contributed by atoms with Gasteiger partial charge in [-0.2, -0.15) is 0 Å². The summed E-state index contributed by atoms with van der Waals surface area (Å²) in [4.78, 5) is 0. The molecule has 0 heterocycles. The van der Waals surface area contributed by atoms with E-state index in [1.54, 1.807) is 0 Å². The molecule has 1 atom stereocenters. The van der Waals surface area contributed by atoms with Crippen molar-refractivity contribution in [3.8, 4) is 5.75 Å². The number of benzene rings is 2. The van der Waals surface area contributed by atoms with Gasteiger partial charge in [0.25, 0.3) is 0 Å². The zero-order valence-corrected chi connectivity index (χ0v) is 13.2. The SMILES string of the molecule is CCOc1ccccc1C(C)NCCc1ccccc1C. The van der Waals surface area contributed by atoms with Gasteiger partial charge in [0.05, 0.1) is 6.61 Å². The highest BCUT2D eigenvalue weighted by Gasteiger charge is 2.10. The summed E-state index contributed by atoms with van der Waals surface area (Å²) >= 11 is 0. The average molecular weight is 283 g/mol. The van der Waals surface area contributed by atoms with Crippen LogP contribution in [0.5, 0.6) is 5.75 Å². The lowest BCUT2D eigenvalue weighted by atomic mass is 10.0. The fourth-order valence-corrected chi connectivity index (χ4v) is 2.55. The first kappa shape index (κ1) is 15.6. The van der Waals surface area contributed by atoms with Crippen molar-refractivity contribution in [2.45, 2.75) is 33.2 Å². The summed E-state index contributed by atoms with van der Waals surface area (Å²) in [6, 6.07) is 17.1. The van der Waals surface area contributed by atoms with Gasteiger partial charge in [0, 0.05) is 11.6 Å². The van der Waals surface area contributed by atoms with Crippen molar-refractivity contribution < 1.29 is 4.74 Å². The Morgan fingerprint density at radius 2 is 1.76 bits per heavy atom. The van der Waals surface area contributed by atoms with Crippen LogP contribution in [0.1, 0.15) is 36.6 Å². The quantitative estimate of drug-likeness (QED) is 0.818. The molecule has 0 bridgehead atoms. The third-order valence-electron chi connectivity index (χ3n) is 3.79. The molecule has 0 aromatic heterocycles. The minimum Gasteiger partial charge on any atom is -0.494 e. The van der Waals surface area contributed by atoms with E-state index < -0.39 is 0 Å². The monoisotopic (exact) mass is 283 g/mol. The van der Waals surface area contributed by atoms with Gasteiger partial charge in [-0.15, -0.1) is 0 Å². The molecule has 0 aliphatic carbocycles. The Morgan fingerprint density at radius 3 is 2.52 bits per heavy atom. The van der Waals surface area contributed by atoms with E-state index in [0.717, 1.165) is 18.7 Å². The summed E-state index contributed by atoms with van der Waals surface area (Å²) in [5.74, 6) is 0.982. The van der Waals surface area contributed by atoms with Crippen LogP contribution in [-0.4, -0.2) is 13.2 Å². The largest absolute Gasteiger partial charge is 0.494 e. The van der Waals surface area contributed by atoms with Gasteiger partial charge in [0.15, 0.2) is 0 Å². The maximum absolute atomic E-state index is 5.70. The van der Waals surface area contributed by atoms with Crippen LogP contribution < -0.4 is 10.1 Å². The van der Waals surface area contributed by atoms with Crippen molar-refractivity contribution in [2.75, 3.05) is 13.2 Å². The van der Waals surface area contributed by atoms with Crippen molar-refractivity contribution in [1.82, 2.24) is 5.32 Å². The lowest BCUT2D eigenvalue weighted by Crippen LogP contribution is -2.22. The van der Waals surface area contributed by atoms with E-state index in [1.807, 2.05) is 19.1 Å². The summed E-state index contributed by atoms with van der Waals surface area (Å²) in [6.45, 7) is 8.05. The maximum atomic E-state index is 5.70. The fraction of sp³-hybridized carbons (Fsp3) is 0.368. The Hall–Kier alpha value is -1.80. The lowest BCUT2D eigenvalue weighted by molar-refractivity contribution is 0.332. The Morgan fingerprint density at radius 1 is 1.05 bits per heavy atom. The molecular weight excluding hydrogens is 258 g/mol. The summed E-state index contributed by atoms with van der Waals surface area (Å²) in [7, 11) is 0. The van der Waals surface area contributed by atoms with E-state index in [9.17, 15) is 0 Å². The van der Waals surface area contributed by atoms with Crippen LogP contribution >= 0.6 is 0 Å². The predicted octanol–water partition coefficient (Wildman–Crippen LogP) is 4.29. The number of aryl methyl sites for hydroxylation is 1. The topological polar surface area (TPSA) is 21.3 Å². The van der Waals surface area contributed by atoms with Gasteiger partial charge in [0.1, 0.15) is 5.75 Å². The third-order valence-corrected chi connectivity index (χ3v) is 3.79. The van der Waals surface area contributed by atoms with Crippen LogP contribution in [0.2, 0.25) is 0 Å². The second-order valence-corrected chi connectivity index (χ2v) is 5.32. The number of para-hydroxylation sites is 1. The predicted molar refractivity (Wildman–Crippen MR) is 88.9 cm³/mol. The molecular formula is C19H25NO. The van der Waals surface area contributed by atoms with Crippen molar-refractivity contribution in [3.63, 3.8) is 0 Å². The molecule has 0 spiro atoms. The molecule has 0 aliphatic heterocycles. The minimum absolute atomic E-state index is 0.289. The maximum Gasteiger partial charge on any atom is 0.124 e. The second-order valence-electron chi connectivity index (χ2n) is 5.32. The Bertz CT molecular complexity index is 565. The number of hydrogen-bond acceptors (Lipinski definition) is 2. The third kappa shape index (κ3) is 4.33. The Balaban J connectivity index is 1.93. The highest BCUT2D eigenvalue weighted by molar-refractivity contribution is 5.35. The molecule has 2 nitrogen and oxygen atoms in total. The molecule has 112 valence electrons. The molecule has 1 unspecified atom stereocenters. The lowest BCUT2D eigenvalue weighted by Gasteiger charge is -2.18. The normalized spacial score (nSPS) is 12.1. The molecule has 0 aliphatic rings. The van der Waals surface area contributed by atoms with Crippen LogP contribution in [0, 0.1) is 6.92 Å². The summed E-state index contributed by atoms with van der Waals surface area (Å²) in [5, 5.41) is 3.59. The zero-order valence-electron chi connectivity index (χ0n) is 13.2. The van der Waals surface area contributed by atoms with Gasteiger partial charge in [0.2, 0.25) is 0 Å². The van der Waals surface area contributed by atoms with Crippen LogP contribution in [0.4, 0.5) is 0 Å². The number of hydrogen-bond donors (Lipinski definition) is 1. The first-order chi connectivity index (χ1) is 10.2. The van der Waals surface area contributed by atoms with Crippen LogP contribution in [0.15, 0.2) is 48.5 Å². The molecule has 21 heavy (non-hydrogen) atoms. The summed E-state index contributed by atoms with van der Waals surface area (Å²) < 4.78 is 5.70. The molecule has 0 fully saturated rings. The zero-order chi connectivity index (χ0) is 15.1. The number of nitrogens with one attached hydrogen (secondary N) is 1. The van der Waals surface area contributed by atoms with Crippen molar-refractivity contribution >= 4 is 0 Å². The Kier molecular flexibility index (Phi) is 5.82. The first-order valence-corrected chi connectivity index (χ1v) is 7.72. The van der Waals surface area contributed by atoms with E-state index in [1.165, 1.54) is 16.7 Å². The molecule has 2 aromatic carbocycles. The van der Waals surface area contributed by atoms with Crippen LogP contribution in [-0.2, 0) is 6.42 Å². The molecule has 2 aromatic rings. The van der Waals surface area contributed by atoms with Gasteiger partial charge in [-0.3, -0.25) is 0 Å². The summed E-state index contributed by atoms with van der Waals surface area (Å²) in [6.07, 6.45) is 1.05. The number of ether oxygens (including phenoxy) is 1. The highest BCUT2D eigenvalue weighted by atomic mass is 16.5. The minimum atomic E-state index is 0.289. The van der Waals surface area contributed by atoms with E-state index in [-0.39, 0.29) is 6.04 Å². The van der Waals surface area contributed by atoms with Crippen molar-refractivity contribution in [2.24, 2.45) is 0 Å². The van der Waals surface area contributed by atoms with E-state index in [2.05, 4.69) is 55.6 Å². The van der Waals surface area contributed by atoms with Gasteiger partial charge in [-0.25, -0.2) is 0 Å². The molecule has 2 heteroatoms. The van der Waals surface area contributed by atoms with Gasteiger partial charge in [-0.1, -0.05) is 42.5 Å². The van der Waals surface area contributed by atoms with Crippen LogP contribution in [0.25, 0.3) is 0 Å². The average Bonchev–Trinajstić information content (AvgIpc) is 2.50. The molecule has 0 radical (unpaired) electrons. The molecule has 0 saturated heterocycles. The highest BCUT2D eigenvalue weighted by Crippen LogP contribution is 2.24. The van der Waals surface area contributed by atoms with E-state index >= 15 is 0 Å². The first-order valence-electron chi connectivity index (χ1n) is 7.72. The molecule has 0 saturated carbocycles. The molecule has 0 amide bonds. The smallest absolute Gasteiger partial charge is 0.124 e.